The molecule has 0 N–H and O–H groups in total. The molecule has 1 heterocycles. The van der Waals surface area contributed by atoms with E-state index in [0.717, 1.165) is 19.4 Å². The second kappa shape index (κ2) is 6.61. The van der Waals surface area contributed by atoms with Gasteiger partial charge in [-0.25, -0.2) is 0 Å². The molecule has 0 bridgehead atoms. The van der Waals surface area contributed by atoms with Crippen LogP contribution >= 0.6 is 0 Å². The molecule has 0 aromatic heterocycles. The van der Waals surface area contributed by atoms with Crippen molar-refractivity contribution in [3.05, 3.63) is 0 Å². The molecule has 16 heavy (non-hydrogen) atoms. The van der Waals surface area contributed by atoms with Crippen LogP contribution < -0.4 is 0 Å². The molecule has 1 aliphatic heterocycles. The molecule has 0 saturated carbocycles. The molecular weight excluding hydrogens is 200 g/mol. The van der Waals surface area contributed by atoms with E-state index in [9.17, 15) is 0 Å². The molecule has 2 heteroatoms. The molecule has 1 saturated heterocycles. The van der Waals surface area contributed by atoms with E-state index >= 15 is 0 Å². The first-order valence-electron chi connectivity index (χ1n) is 6.87. The van der Waals surface area contributed by atoms with Crippen LogP contribution in [0.25, 0.3) is 0 Å². The lowest BCUT2D eigenvalue weighted by atomic mass is 9.81. The summed E-state index contributed by atoms with van der Waals surface area (Å²) in [5, 5.41) is 0. The number of hydrogen-bond donors (Lipinski definition) is 0. The van der Waals surface area contributed by atoms with E-state index in [2.05, 4.69) is 27.7 Å². The van der Waals surface area contributed by atoms with E-state index < -0.39 is 0 Å². The fourth-order valence-electron chi connectivity index (χ4n) is 2.64. The highest BCUT2D eigenvalue weighted by molar-refractivity contribution is 4.78. The van der Waals surface area contributed by atoms with Gasteiger partial charge in [-0.3, -0.25) is 0 Å². The Morgan fingerprint density at radius 2 is 2.06 bits per heavy atom. The second-order valence-corrected chi connectivity index (χ2v) is 5.57. The SMILES string of the molecule is CCCC(C)(C)C(CC)OC1CCCCO1. The normalized spacial score (nSPS) is 24.4. The smallest absolute Gasteiger partial charge is 0.157 e. The van der Waals surface area contributed by atoms with Crippen molar-refractivity contribution < 1.29 is 9.47 Å². The predicted octanol–water partition coefficient (Wildman–Crippen LogP) is 4.13. The summed E-state index contributed by atoms with van der Waals surface area (Å²) >= 11 is 0. The lowest BCUT2D eigenvalue weighted by Gasteiger charge is -2.37. The van der Waals surface area contributed by atoms with Crippen molar-refractivity contribution in [2.24, 2.45) is 5.41 Å². The zero-order valence-electron chi connectivity index (χ0n) is 11.4. The summed E-state index contributed by atoms with van der Waals surface area (Å²) in [5.74, 6) is 0. The summed E-state index contributed by atoms with van der Waals surface area (Å²) in [4.78, 5) is 0. The molecule has 0 amide bonds. The Labute approximate surface area is 101 Å². The van der Waals surface area contributed by atoms with Crippen LogP contribution in [0.3, 0.4) is 0 Å². The average Bonchev–Trinajstić information content (AvgIpc) is 2.27. The molecule has 96 valence electrons. The van der Waals surface area contributed by atoms with Crippen molar-refractivity contribution in [3.63, 3.8) is 0 Å². The molecule has 2 atom stereocenters. The van der Waals surface area contributed by atoms with Crippen LogP contribution in [0, 0.1) is 5.41 Å². The van der Waals surface area contributed by atoms with E-state index in [0.29, 0.717) is 6.10 Å². The van der Waals surface area contributed by atoms with Crippen molar-refractivity contribution in [2.75, 3.05) is 6.61 Å². The first-order chi connectivity index (χ1) is 7.60. The third-order valence-corrected chi connectivity index (χ3v) is 3.59. The summed E-state index contributed by atoms with van der Waals surface area (Å²) in [6.07, 6.45) is 7.40. The van der Waals surface area contributed by atoms with Crippen molar-refractivity contribution in [3.8, 4) is 0 Å². The minimum atomic E-state index is 0.0508. The average molecular weight is 228 g/mol. The molecule has 0 radical (unpaired) electrons. The highest BCUT2D eigenvalue weighted by atomic mass is 16.7. The fraction of sp³-hybridized carbons (Fsp3) is 1.00. The Morgan fingerprint density at radius 3 is 2.56 bits per heavy atom. The maximum atomic E-state index is 6.14. The molecule has 1 fully saturated rings. The fourth-order valence-corrected chi connectivity index (χ4v) is 2.64. The van der Waals surface area contributed by atoms with E-state index in [4.69, 9.17) is 9.47 Å². The van der Waals surface area contributed by atoms with Crippen LogP contribution in [0.15, 0.2) is 0 Å². The summed E-state index contributed by atoms with van der Waals surface area (Å²) < 4.78 is 11.8. The van der Waals surface area contributed by atoms with Gasteiger partial charge in [0.2, 0.25) is 0 Å². The molecule has 1 aliphatic rings. The number of ether oxygens (including phenoxy) is 2. The minimum absolute atomic E-state index is 0.0508. The zero-order chi connectivity index (χ0) is 12.0. The van der Waals surface area contributed by atoms with Crippen LogP contribution in [0.1, 0.15) is 66.2 Å². The van der Waals surface area contributed by atoms with E-state index in [1.54, 1.807) is 0 Å². The van der Waals surface area contributed by atoms with Gasteiger partial charge in [0.05, 0.1) is 6.10 Å². The monoisotopic (exact) mass is 228 g/mol. The van der Waals surface area contributed by atoms with Crippen LogP contribution in [0.4, 0.5) is 0 Å². The van der Waals surface area contributed by atoms with Crippen molar-refractivity contribution in [2.45, 2.75) is 78.6 Å². The molecule has 2 nitrogen and oxygen atoms in total. The molecule has 1 rings (SSSR count). The summed E-state index contributed by atoms with van der Waals surface area (Å²) in [5.41, 5.74) is 0.268. The first kappa shape index (κ1) is 14.0. The maximum absolute atomic E-state index is 6.14. The van der Waals surface area contributed by atoms with Crippen molar-refractivity contribution >= 4 is 0 Å². The van der Waals surface area contributed by atoms with Crippen molar-refractivity contribution in [1.29, 1.82) is 0 Å². The lowest BCUT2D eigenvalue weighted by molar-refractivity contribution is -0.210. The van der Waals surface area contributed by atoms with E-state index in [1.807, 2.05) is 0 Å². The van der Waals surface area contributed by atoms with E-state index in [1.165, 1.54) is 25.7 Å². The summed E-state index contributed by atoms with van der Waals surface area (Å²) in [7, 11) is 0. The lowest BCUT2D eigenvalue weighted by Crippen LogP contribution is -2.37. The number of rotatable bonds is 6. The summed E-state index contributed by atoms with van der Waals surface area (Å²) in [6, 6.07) is 0. The molecular formula is C14H28O2. The van der Waals surface area contributed by atoms with Crippen LogP contribution in [-0.4, -0.2) is 19.0 Å². The quantitative estimate of drug-likeness (QED) is 0.680. The van der Waals surface area contributed by atoms with Gasteiger partial charge in [-0.05, 0) is 37.5 Å². The highest BCUT2D eigenvalue weighted by Crippen LogP contribution is 2.33. The van der Waals surface area contributed by atoms with Crippen molar-refractivity contribution in [1.82, 2.24) is 0 Å². The van der Waals surface area contributed by atoms with Gasteiger partial charge >= 0.3 is 0 Å². The molecule has 2 unspecified atom stereocenters. The Kier molecular flexibility index (Phi) is 5.77. The number of hydrogen-bond acceptors (Lipinski definition) is 2. The van der Waals surface area contributed by atoms with Crippen LogP contribution in [0.5, 0.6) is 0 Å². The maximum Gasteiger partial charge on any atom is 0.157 e. The van der Waals surface area contributed by atoms with Gasteiger partial charge in [0.15, 0.2) is 6.29 Å². The Bertz CT molecular complexity index is 183. The van der Waals surface area contributed by atoms with E-state index in [-0.39, 0.29) is 11.7 Å². The van der Waals surface area contributed by atoms with Gasteiger partial charge in [-0.15, -0.1) is 0 Å². The van der Waals surface area contributed by atoms with Gasteiger partial charge < -0.3 is 9.47 Å². The Morgan fingerprint density at radius 1 is 1.31 bits per heavy atom. The highest BCUT2D eigenvalue weighted by Gasteiger charge is 2.31. The minimum Gasteiger partial charge on any atom is -0.353 e. The summed E-state index contributed by atoms with van der Waals surface area (Å²) in [6.45, 7) is 9.95. The standard InChI is InChI=1S/C14H28O2/c1-5-10-14(3,4)12(6-2)16-13-9-7-8-11-15-13/h12-13H,5-11H2,1-4H3. The van der Waals surface area contributed by atoms with Crippen LogP contribution in [0.2, 0.25) is 0 Å². The molecule has 0 spiro atoms. The van der Waals surface area contributed by atoms with Gasteiger partial charge in [0, 0.05) is 6.61 Å². The third-order valence-electron chi connectivity index (χ3n) is 3.59. The third kappa shape index (κ3) is 4.06. The Balaban J connectivity index is 2.46. The molecule has 0 aliphatic carbocycles. The Hall–Kier alpha value is -0.0800. The molecule has 0 aromatic rings. The van der Waals surface area contributed by atoms with Crippen LogP contribution in [-0.2, 0) is 9.47 Å². The second-order valence-electron chi connectivity index (χ2n) is 5.57. The molecule has 0 aromatic carbocycles. The first-order valence-corrected chi connectivity index (χ1v) is 6.87. The van der Waals surface area contributed by atoms with Gasteiger partial charge in [-0.1, -0.05) is 34.1 Å². The zero-order valence-corrected chi connectivity index (χ0v) is 11.4. The van der Waals surface area contributed by atoms with Gasteiger partial charge in [0.25, 0.3) is 0 Å². The largest absolute Gasteiger partial charge is 0.353 e. The topological polar surface area (TPSA) is 18.5 Å². The van der Waals surface area contributed by atoms with Gasteiger partial charge in [0.1, 0.15) is 0 Å². The van der Waals surface area contributed by atoms with Gasteiger partial charge in [-0.2, -0.15) is 0 Å². The predicted molar refractivity (Wildman–Crippen MR) is 67.4 cm³/mol.